The minimum atomic E-state index is -0.144. The molecule has 0 amide bonds. The van der Waals surface area contributed by atoms with Gasteiger partial charge in [0.15, 0.2) is 0 Å². The molecule has 1 aromatic rings. The molecule has 1 N–H and O–H groups in total. The summed E-state index contributed by atoms with van der Waals surface area (Å²) in [5, 5.41) is 3.31. The second kappa shape index (κ2) is 4.07. The number of morpholine rings is 1. The lowest BCUT2D eigenvalue weighted by Crippen LogP contribution is -2.35. The van der Waals surface area contributed by atoms with Gasteiger partial charge in [-0.3, -0.25) is 0 Å². The number of nitrogens with one attached hydrogen (secondary N) is 1. The lowest BCUT2D eigenvalue weighted by Gasteiger charge is -2.25. The smallest absolute Gasteiger partial charge is 0.126 e. The Morgan fingerprint density at radius 2 is 2.36 bits per heavy atom. The van der Waals surface area contributed by atoms with Gasteiger partial charge in [-0.2, -0.15) is 0 Å². The van der Waals surface area contributed by atoms with Crippen molar-refractivity contribution in [2.75, 3.05) is 19.8 Å². The minimum absolute atomic E-state index is 0.138. The molecule has 1 unspecified atom stereocenters. The number of rotatable bonds is 1. The first-order valence-electron chi connectivity index (χ1n) is 4.85. The maximum atomic E-state index is 13.3. The highest BCUT2D eigenvalue weighted by Crippen LogP contribution is 2.21. The Morgan fingerprint density at radius 3 is 3.07 bits per heavy atom. The van der Waals surface area contributed by atoms with E-state index in [4.69, 9.17) is 4.74 Å². The summed E-state index contributed by atoms with van der Waals surface area (Å²) in [5.74, 6) is -0.144. The maximum absolute atomic E-state index is 13.3. The summed E-state index contributed by atoms with van der Waals surface area (Å²) in [4.78, 5) is 0. The molecule has 3 heteroatoms. The van der Waals surface area contributed by atoms with Gasteiger partial charge in [0.1, 0.15) is 5.82 Å². The Labute approximate surface area is 83.1 Å². The van der Waals surface area contributed by atoms with Crippen molar-refractivity contribution < 1.29 is 9.13 Å². The highest BCUT2D eigenvalue weighted by molar-refractivity contribution is 5.30. The third-order valence-corrected chi connectivity index (χ3v) is 2.61. The average Bonchev–Trinajstić information content (AvgIpc) is 2.23. The molecule has 1 aliphatic heterocycles. The third kappa shape index (κ3) is 1.79. The largest absolute Gasteiger partial charge is 0.378 e. The summed E-state index contributed by atoms with van der Waals surface area (Å²) in [6.07, 6.45) is 0. The lowest BCUT2D eigenvalue weighted by molar-refractivity contribution is 0.0766. The molecule has 0 radical (unpaired) electrons. The molecule has 2 nitrogen and oxygen atoms in total. The van der Waals surface area contributed by atoms with E-state index in [-0.39, 0.29) is 11.9 Å². The summed E-state index contributed by atoms with van der Waals surface area (Å²) >= 11 is 0. The van der Waals surface area contributed by atoms with Crippen molar-refractivity contribution in [1.29, 1.82) is 0 Å². The van der Waals surface area contributed by atoms with Crippen molar-refractivity contribution in [3.63, 3.8) is 0 Å². The lowest BCUT2D eigenvalue weighted by atomic mass is 10.0. The molecule has 76 valence electrons. The second-order valence-corrected chi connectivity index (χ2v) is 3.54. The van der Waals surface area contributed by atoms with E-state index < -0.39 is 0 Å². The summed E-state index contributed by atoms with van der Waals surface area (Å²) in [7, 11) is 0. The van der Waals surface area contributed by atoms with Crippen molar-refractivity contribution in [3.05, 3.63) is 35.1 Å². The van der Waals surface area contributed by atoms with E-state index in [1.54, 1.807) is 13.0 Å². The van der Waals surface area contributed by atoms with Gasteiger partial charge in [-0.05, 0) is 24.1 Å². The van der Waals surface area contributed by atoms with Gasteiger partial charge in [-0.15, -0.1) is 0 Å². The van der Waals surface area contributed by atoms with E-state index in [2.05, 4.69) is 5.32 Å². The monoisotopic (exact) mass is 195 g/mol. The molecule has 1 aromatic carbocycles. The predicted molar refractivity (Wildman–Crippen MR) is 52.7 cm³/mol. The van der Waals surface area contributed by atoms with Crippen LogP contribution in [0.4, 0.5) is 4.39 Å². The Bertz CT molecular complexity index is 321. The standard InChI is InChI=1S/C11H14FNO/c1-8-9(3-2-4-10(8)12)11-7-14-6-5-13-11/h2-4,11,13H,5-7H2,1H3. The van der Waals surface area contributed by atoms with Crippen LogP contribution in [0.5, 0.6) is 0 Å². The quantitative estimate of drug-likeness (QED) is 0.737. The highest BCUT2D eigenvalue weighted by Gasteiger charge is 2.17. The van der Waals surface area contributed by atoms with Crippen molar-refractivity contribution in [2.24, 2.45) is 0 Å². The van der Waals surface area contributed by atoms with Crippen LogP contribution >= 0.6 is 0 Å². The topological polar surface area (TPSA) is 21.3 Å². The van der Waals surface area contributed by atoms with Crippen molar-refractivity contribution in [3.8, 4) is 0 Å². The summed E-state index contributed by atoms with van der Waals surface area (Å²) in [6, 6.07) is 5.32. The van der Waals surface area contributed by atoms with Crippen LogP contribution in [0.25, 0.3) is 0 Å². The summed E-state index contributed by atoms with van der Waals surface area (Å²) in [6.45, 7) is 4.01. The molecule has 1 atom stereocenters. The Hall–Kier alpha value is -0.930. The molecular formula is C11H14FNO. The SMILES string of the molecule is Cc1c(F)cccc1C1COCCN1. The zero-order valence-corrected chi connectivity index (χ0v) is 8.22. The van der Waals surface area contributed by atoms with Gasteiger partial charge in [0.25, 0.3) is 0 Å². The first kappa shape index (κ1) is 9.62. The molecule has 1 saturated heterocycles. The third-order valence-electron chi connectivity index (χ3n) is 2.61. The predicted octanol–water partition coefficient (Wildman–Crippen LogP) is 1.80. The Kier molecular flexibility index (Phi) is 2.79. The average molecular weight is 195 g/mol. The van der Waals surface area contributed by atoms with Crippen molar-refractivity contribution in [2.45, 2.75) is 13.0 Å². The Balaban J connectivity index is 2.26. The van der Waals surface area contributed by atoms with Gasteiger partial charge in [-0.25, -0.2) is 4.39 Å². The molecule has 0 aromatic heterocycles. The van der Waals surface area contributed by atoms with E-state index in [9.17, 15) is 4.39 Å². The first-order chi connectivity index (χ1) is 6.79. The van der Waals surface area contributed by atoms with E-state index in [1.165, 1.54) is 6.07 Å². The van der Waals surface area contributed by atoms with Crippen molar-refractivity contribution in [1.82, 2.24) is 5.32 Å². The van der Waals surface area contributed by atoms with Crippen LogP contribution in [0.1, 0.15) is 17.2 Å². The summed E-state index contributed by atoms with van der Waals surface area (Å²) < 4.78 is 18.6. The van der Waals surface area contributed by atoms with Crippen LogP contribution in [0.15, 0.2) is 18.2 Å². The molecule has 2 rings (SSSR count). The van der Waals surface area contributed by atoms with Crippen LogP contribution in [-0.2, 0) is 4.74 Å². The van der Waals surface area contributed by atoms with Gasteiger partial charge >= 0.3 is 0 Å². The zero-order valence-electron chi connectivity index (χ0n) is 8.22. The molecule has 1 heterocycles. The first-order valence-corrected chi connectivity index (χ1v) is 4.85. The fourth-order valence-corrected chi connectivity index (χ4v) is 1.77. The second-order valence-electron chi connectivity index (χ2n) is 3.54. The van der Waals surface area contributed by atoms with Crippen LogP contribution in [0.3, 0.4) is 0 Å². The van der Waals surface area contributed by atoms with Crippen LogP contribution in [0, 0.1) is 12.7 Å². The Morgan fingerprint density at radius 1 is 1.50 bits per heavy atom. The number of hydrogen-bond donors (Lipinski definition) is 1. The number of benzene rings is 1. The van der Waals surface area contributed by atoms with Crippen LogP contribution in [0.2, 0.25) is 0 Å². The molecule has 1 fully saturated rings. The molecule has 1 aliphatic rings. The van der Waals surface area contributed by atoms with Gasteiger partial charge in [0.2, 0.25) is 0 Å². The van der Waals surface area contributed by atoms with E-state index in [1.807, 2.05) is 6.07 Å². The maximum Gasteiger partial charge on any atom is 0.126 e. The number of halogens is 1. The fourth-order valence-electron chi connectivity index (χ4n) is 1.77. The number of ether oxygens (including phenoxy) is 1. The highest BCUT2D eigenvalue weighted by atomic mass is 19.1. The number of hydrogen-bond acceptors (Lipinski definition) is 2. The normalized spacial score (nSPS) is 22.3. The fraction of sp³-hybridized carbons (Fsp3) is 0.455. The van der Waals surface area contributed by atoms with Crippen LogP contribution in [-0.4, -0.2) is 19.8 Å². The molecular weight excluding hydrogens is 181 g/mol. The van der Waals surface area contributed by atoms with E-state index >= 15 is 0 Å². The van der Waals surface area contributed by atoms with Gasteiger partial charge in [-0.1, -0.05) is 12.1 Å². The molecule has 0 spiro atoms. The van der Waals surface area contributed by atoms with E-state index in [0.29, 0.717) is 6.61 Å². The van der Waals surface area contributed by atoms with E-state index in [0.717, 1.165) is 24.3 Å². The van der Waals surface area contributed by atoms with Gasteiger partial charge < -0.3 is 10.1 Å². The molecule has 14 heavy (non-hydrogen) atoms. The minimum Gasteiger partial charge on any atom is -0.378 e. The van der Waals surface area contributed by atoms with Gasteiger partial charge in [0.05, 0.1) is 19.3 Å². The molecule has 0 aliphatic carbocycles. The van der Waals surface area contributed by atoms with Crippen LogP contribution < -0.4 is 5.32 Å². The zero-order chi connectivity index (χ0) is 9.97. The molecule has 0 bridgehead atoms. The van der Waals surface area contributed by atoms with Gasteiger partial charge in [0, 0.05) is 6.54 Å². The molecule has 0 saturated carbocycles. The van der Waals surface area contributed by atoms with Crippen molar-refractivity contribution >= 4 is 0 Å². The summed E-state index contributed by atoms with van der Waals surface area (Å²) in [5.41, 5.74) is 1.72.